The predicted molar refractivity (Wildman–Crippen MR) is 188 cm³/mol. The molecule has 2 bridgehead atoms. The number of methoxy groups -OCH3 is 2. The monoisotopic (exact) mass is 662 g/mol. The molecule has 0 amide bonds. The smallest absolute Gasteiger partial charge is 0.330 e. The molecule has 1 aromatic carbocycles. The summed E-state index contributed by atoms with van der Waals surface area (Å²) in [6, 6.07) is 7.73. The van der Waals surface area contributed by atoms with Crippen LogP contribution >= 0.6 is 0 Å². The highest BCUT2D eigenvalue weighted by Gasteiger charge is 2.25. The van der Waals surface area contributed by atoms with E-state index in [0.717, 1.165) is 42.6 Å². The van der Waals surface area contributed by atoms with E-state index in [0.29, 0.717) is 38.4 Å². The Hall–Kier alpha value is -3.27. The van der Waals surface area contributed by atoms with Gasteiger partial charge < -0.3 is 33.2 Å². The topological polar surface area (TPSA) is 81.7 Å². The van der Waals surface area contributed by atoms with Crippen molar-refractivity contribution in [2.24, 2.45) is 5.92 Å². The van der Waals surface area contributed by atoms with Crippen LogP contribution in [0.2, 0.25) is 0 Å². The zero-order chi connectivity index (χ0) is 34.1. The van der Waals surface area contributed by atoms with E-state index in [4.69, 9.17) is 33.2 Å². The molecule has 0 N–H and O–H groups in total. The van der Waals surface area contributed by atoms with Gasteiger partial charge in [0.15, 0.2) is 0 Å². The Morgan fingerprint density at radius 2 is 1.85 bits per heavy atom. The van der Waals surface area contributed by atoms with E-state index >= 15 is 0 Å². The third-order valence-electron chi connectivity index (χ3n) is 8.63. The Balaban J connectivity index is 1.60. The molecule has 0 aliphatic carbocycles. The van der Waals surface area contributed by atoms with Crippen molar-refractivity contribution < 1.29 is 38.0 Å². The zero-order valence-corrected chi connectivity index (χ0v) is 29.1. The van der Waals surface area contributed by atoms with Crippen molar-refractivity contribution in [3.63, 3.8) is 0 Å². The largest absolute Gasteiger partial charge is 0.497 e. The lowest BCUT2D eigenvalue weighted by molar-refractivity contribution is -0.149. The Morgan fingerprint density at radius 3 is 2.62 bits per heavy atom. The summed E-state index contributed by atoms with van der Waals surface area (Å²) in [6.07, 6.45) is 21.4. The minimum atomic E-state index is -0.623. The van der Waals surface area contributed by atoms with Gasteiger partial charge in [-0.05, 0) is 69.1 Å². The molecule has 0 saturated carbocycles. The molecule has 0 fully saturated rings. The molecule has 0 aromatic heterocycles. The SMILES string of the molecule is C=C1C[C@H](C)C[C@@H]2CC=C[C@@H](C/C=C/C(=O)O[C@H]([C@H](/C=C/[C@@H]3C=C(C)CCO3)OCc3ccc(OC)cc3)C/C=C/[C@@H](OCOC)C1)O2. The molecule has 0 radical (unpaired) electrons. The number of hydrogen-bond acceptors (Lipinski definition) is 8. The number of hydrogen-bond donors (Lipinski definition) is 0. The number of ether oxygens (including phenoxy) is 7. The normalized spacial score (nSPS) is 29.7. The summed E-state index contributed by atoms with van der Waals surface area (Å²) < 4.78 is 41.5. The summed E-state index contributed by atoms with van der Waals surface area (Å²) in [5, 5.41) is 0. The molecular weight excluding hydrogens is 608 g/mol. The number of rotatable bonds is 10. The van der Waals surface area contributed by atoms with E-state index in [-0.39, 0.29) is 31.2 Å². The standard InChI is InChI=1S/C40H54O8/c1-29-21-22-44-36(24-29)19-20-38(45-27-32-15-17-33(43-5)18-16-32)39-13-7-11-35(46-28-42-4)25-30(2)23-31(3)26-37-12-6-9-34(47-37)10-8-14-40(41)48-39/h6-9,11,14-20,24,31,34-39H,2,10,12-13,21-23,25-28H2,1,3-5H3/b11-7+,14-8+,20-19+/t31-,34-,35+,36+,37-,38-,39-/m0/s1. The number of cyclic esters (lactones) is 1. The van der Waals surface area contributed by atoms with Crippen molar-refractivity contribution in [1.29, 1.82) is 0 Å². The van der Waals surface area contributed by atoms with Gasteiger partial charge in [-0.3, -0.25) is 0 Å². The van der Waals surface area contributed by atoms with E-state index in [9.17, 15) is 4.79 Å². The second-order valence-corrected chi connectivity index (χ2v) is 13.0. The molecule has 8 heteroatoms. The van der Waals surface area contributed by atoms with Crippen molar-refractivity contribution in [1.82, 2.24) is 0 Å². The Morgan fingerprint density at radius 1 is 1.04 bits per heavy atom. The molecule has 262 valence electrons. The van der Waals surface area contributed by atoms with E-state index in [1.165, 1.54) is 11.6 Å². The minimum Gasteiger partial charge on any atom is -0.497 e. The van der Waals surface area contributed by atoms with Gasteiger partial charge in [0.1, 0.15) is 24.8 Å². The fourth-order valence-electron chi connectivity index (χ4n) is 6.15. The highest BCUT2D eigenvalue weighted by Crippen LogP contribution is 2.27. The van der Waals surface area contributed by atoms with Gasteiger partial charge in [0.2, 0.25) is 0 Å². The maximum absolute atomic E-state index is 13.3. The fourth-order valence-corrected chi connectivity index (χ4v) is 6.15. The van der Waals surface area contributed by atoms with Crippen molar-refractivity contribution in [3.05, 3.63) is 102 Å². The molecule has 3 aliphatic heterocycles. The first-order valence-corrected chi connectivity index (χ1v) is 17.2. The van der Waals surface area contributed by atoms with Gasteiger partial charge in [-0.25, -0.2) is 4.79 Å². The quantitative estimate of drug-likeness (QED) is 0.143. The van der Waals surface area contributed by atoms with E-state index in [1.54, 1.807) is 14.2 Å². The number of carbonyl (C=O) groups is 1. The van der Waals surface area contributed by atoms with Crippen molar-refractivity contribution in [2.45, 2.75) is 102 Å². The predicted octanol–water partition coefficient (Wildman–Crippen LogP) is 7.76. The van der Waals surface area contributed by atoms with Crippen LogP contribution in [0.1, 0.15) is 64.4 Å². The fraction of sp³-hybridized carbons (Fsp3) is 0.525. The lowest BCUT2D eigenvalue weighted by Crippen LogP contribution is -2.32. The Labute approximate surface area is 287 Å². The molecule has 48 heavy (non-hydrogen) atoms. The van der Waals surface area contributed by atoms with E-state index in [2.05, 4.69) is 38.7 Å². The van der Waals surface area contributed by atoms with E-state index in [1.807, 2.05) is 54.6 Å². The first-order chi connectivity index (χ1) is 23.3. The summed E-state index contributed by atoms with van der Waals surface area (Å²) >= 11 is 0. The lowest BCUT2D eigenvalue weighted by Gasteiger charge is -2.28. The highest BCUT2D eigenvalue weighted by atomic mass is 16.7. The average molecular weight is 663 g/mol. The van der Waals surface area contributed by atoms with Gasteiger partial charge in [0, 0.05) is 19.6 Å². The summed E-state index contributed by atoms with van der Waals surface area (Å²) in [7, 11) is 3.25. The van der Waals surface area contributed by atoms with Gasteiger partial charge in [0.25, 0.3) is 0 Å². The number of esters is 1. The lowest BCUT2D eigenvalue weighted by atomic mass is 9.91. The van der Waals surface area contributed by atoms with Crippen molar-refractivity contribution in [2.75, 3.05) is 27.6 Å². The van der Waals surface area contributed by atoms with Crippen LogP contribution in [0.15, 0.2) is 96.7 Å². The van der Waals surface area contributed by atoms with Crippen LogP contribution in [-0.4, -0.2) is 70.2 Å². The molecule has 3 heterocycles. The minimum absolute atomic E-state index is 0.0804. The van der Waals surface area contributed by atoms with Crippen LogP contribution < -0.4 is 4.74 Å². The Bertz CT molecular complexity index is 1290. The third-order valence-corrected chi connectivity index (χ3v) is 8.63. The maximum atomic E-state index is 13.3. The molecular formula is C40H54O8. The van der Waals surface area contributed by atoms with Crippen LogP contribution in [0, 0.1) is 5.92 Å². The van der Waals surface area contributed by atoms with Gasteiger partial charge in [-0.1, -0.05) is 85.4 Å². The zero-order valence-electron chi connectivity index (χ0n) is 29.1. The maximum Gasteiger partial charge on any atom is 0.330 e. The van der Waals surface area contributed by atoms with Crippen LogP contribution in [-0.2, 0) is 39.8 Å². The van der Waals surface area contributed by atoms with Gasteiger partial charge in [-0.15, -0.1) is 0 Å². The highest BCUT2D eigenvalue weighted by molar-refractivity contribution is 5.82. The molecule has 0 saturated heterocycles. The average Bonchev–Trinajstić information content (AvgIpc) is 3.06. The molecule has 1 aromatic rings. The van der Waals surface area contributed by atoms with Gasteiger partial charge in [-0.2, -0.15) is 0 Å². The van der Waals surface area contributed by atoms with Crippen molar-refractivity contribution in [3.8, 4) is 5.75 Å². The molecule has 0 spiro atoms. The summed E-state index contributed by atoms with van der Waals surface area (Å²) in [4.78, 5) is 13.3. The van der Waals surface area contributed by atoms with Gasteiger partial charge in [0.05, 0.1) is 44.7 Å². The molecule has 4 rings (SSSR count). The summed E-state index contributed by atoms with van der Waals surface area (Å²) in [6.45, 7) is 9.88. The van der Waals surface area contributed by atoms with Crippen LogP contribution in [0.25, 0.3) is 0 Å². The van der Waals surface area contributed by atoms with Crippen LogP contribution in [0.3, 0.4) is 0 Å². The molecule has 3 aliphatic rings. The first-order valence-electron chi connectivity index (χ1n) is 17.2. The number of benzene rings is 1. The van der Waals surface area contributed by atoms with Crippen molar-refractivity contribution >= 4 is 5.97 Å². The molecule has 0 unspecified atom stereocenters. The van der Waals surface area contributed by atoms with Gasteiger partial charge >= 0.3 is 5.97 Å². The molecule has 8 nitrogen and oxygen atoms in total. The number of fused-ring (bicyclic) bond motifs is 2. The van der Waals surface area contributed by atoms with Crippen LogP contribution in [0.4, 0.5) is 0 Å². The van der Waals surface area contributed by atoms with Crippen LogP contribution in [0.5, 0.6) is 5.75 Å². The van der Waals surface area contributed by atoms with E-state index < -0.39 is 18.2 Å². The summed E-state index contributed by atoms with van der Waals surface area (Å²) in [5.74, 6) is 0.752. The second-order valence-electron chi connectivity index (χ2n) is 13.0. The number of carbonyl (C=O) groups excluding carboxylic acids is 1. The first kappa shape index (κ1) is 37.5. The molecule has 7 atom stereocenters. The third kappa shape index (κ3) is 13.3. The second kappa shape index (κ2) is 20.3. The summed E-state index contributed by atoms with van der Waals surface area (Å²) in [5.41, 5.74) is 3.37. The Kier molecular flexibility index (Phi) is 15.9.